The summed E-state index contributed by atoms with van der Waals surface area (Å²) in [5, 5.41) is 6.36. The van der Waals surface area contributed by atoms with Crippen LogP contribution in [-0.2, 0) is 11.3 Å². The van der Waals surface area contributed by atoms with Gasteiger partial charge in [0.1, 0.15) is 0 Å². The molecule has 0 spiro atoms. The summed E-state index contributed by atoms with van der Waals surface area (Å²) in [7, 11) is 0. The number of carbonyl (C=O) groups is 2. The Bertz CT molecular complexity index is 535. The highest BCUT2D eigenvalue weighted by atomic mass is 16.2. The molecule has 2 aliphatic heterocycles. The van der Waals surface area contributed by atoms with Crippen LogP contribution in [0.2, 0.25) is 0 Å². The summed E-state index contributed by atoms with van der Waals surface area (Å²) in [5.41, 5.74) is 1.76. The largest absolute Gasteiger partial charge is 0.348 e. The monoisotopic (exact) mass is 301 g/mol. The fourth-order valence-electron chi connectivity index (χ4n) is 3.10. The molecule has 2 saturated heterocycles. The van der Waals surface area contributed by atoms with Crippen molar-refractivity contribution in [1.29, 1.82) is 0 Å². The SMILES string of the molecule is O=C(N[C@H]1CCCNC1)c1ccc(CN2CCCC2=O)cc1. The van der Waals surface area contributed by atoms with Gasteiger partial charge < -0.3 is 15.5 Å². The van der Waals surface area contributed by atoms with E-state index in [-0.39, 0.29) is 17.9 Å². The molecule has 5 heteroatoms. The normalized spacial score (nSPS) is 21.9. The minimum atomic E-state index is -0.0162. The topological polar surface area (TPSA) is 61.4 Å². The number of carbonyl (C=O) groups excluding carboxylic acids is 2. The number of nitrogens with zero attached hydrogens (tertiary/aromatic N) is 1. The maximum absolute atomic E-state index is 12.2. The maximum atomic E-state index is 12.2. The van der Waals surface area contributed by atoms with Crippen molar-refractivity contribution >= 4 is 11.8 Å². The van der Waals surface area contributed by atoms with E-state index in [0.29, 0.717) is 18.5 Å². The summed E-state index contributed by atoms with van der Waals surface area (Å²) >= 11 is 0. The summed E-state index contributed by atoms with van der Waals surface area (Å²) in [5.74, 6) is 0.212. The Labute approximate surface area is 131 Å². The van der Waals surface area contributed by atoms with E-state index in [1.807, 2.05) is 29.2 Å². The molecule has 1 atom stereocenters. The minimum Gasteiger partial charge on any atom is -0.348 e. The summed E-state index contributed by atoms with van der Waals surface area (Å²) in [6.07, 6.45) is 3.76. The number of piperidine rings is 1. The van der Waals surface area contributed by atoms with Crippen LogP contribution in [0.1, 0.15) is 41.6 Å². The number of likely N-dealkylation sites (tertiary alicyclic amines) is 1. The van der Waals surface area contributed by atoms with E-state index in [1.54, 1.807) is 0 Å². The van der Waals surface area contributed by atoms with Crippen molar-refractivity contribution in [2.75, 3.05) is 19.6 Å². The summed E-state index contributed by atoms with van der Waals surface area (Å²) in [6.45, 7) is 3.38. The molecule has 0 radical (unpaired) electrons. The van der Waals surface area contributed by atoms with E-state index in [4.69, 9.17) is 0 Å². The Morgan fingerprint density at radius 2 is 2.09 bits per heavy atom. The molecule has 118 valence electrons. The first-order valence-corrected chi connectivity index (χ1v) is 8.11. The van der Waals surface area contributed by atoms with Gasteiger partial charge in [-0.1, -0.05) is 12.1 Å². The van der Waals surface area contributed by atoms with Crippen LogP contribution >= 0.6 is 0 Å². The second-order valence-electron chi connectivity index (χ2n) is 6.13. The molecular formula is C17H23N3O2. The Hall–Kier alpha value is -1.88. The number of rotatable bonds is 4. The smallest absolute Gasteiger partial charge is 0.251 e. The molecule has 2 N–H and O–H groups in total. The lowest BCUT2D eigenvalue weighted by Gasteiger charge is -2.23. The van der Waals surface area contributed by atoms with E-state index in [2.05, 4.69) is 10.6 Å². The van der Waals surface area contributed by atoms with Gasteiger partial charge in [-0.05, 0) is 43.5 Å². The van der Waals surface area contributed by atoms with Crippen molar-refractivity contribution in [3.63, 3.8) is 0 Å². The lowest BCUT2D eigenvalue weighted by molar-refractivity contribution is -0.128. The van der Waals surface area contributed by atoms with Crippen LogP contribution < -0.4 is 10.6 Å². The molecule has 1 aromatic rings. The van der Waals surface area contributed by atoms with Crippen LogP contribution in [0.25, 0.3) is 0 Å². The van der Waals surface area contributed by atoms with Gasteiger partial charge in [0.15, 0.2) is 0 Å². The van der Waals surface area contributed by atoms with E-state index in [1.165, 1.54) is 0 Å². The van der Waals surface area contributed by atoms with Crippen molar-refractivity contribution in [3.05, 3.63) is 35.4 Å². The predicted molar refractivity (Wildman–Crippen MR) is 84.5 cm³/mol. The highest BCUT2D eigenvalue weighted by Gasteiger charge is 2.20. The number of hydrogen-bond acceptors (Lipinski definition) is 3. The summed E-state index contributed by atoms with van der Waals surface area (Å²) < 4.78 is 0. The molecule has 0 saturated carbocycles. The van der Waals surface area contributed by atoms with E-state index >= 15 is 0 Å². The van der Waals surface area contributed by atoms with Gasteiger partial charge in [-0.2, -0.15) is 0 Å². The molecule has 2 aliphatic rings. The quantitative estimate of drug-likeness (QED) is 0.881. The first-order valence-electron chi connectivity index (χ1n) is 8.11. The predicted octanol–water partition coefficient (Wildman–Crippen LogP) is 1.29. The molecule has 3 rings (SSSR count). The average Bonchev–Trinajstić information content (AvgIpc) is 2.94. The lowest BCUT2D eigenvalue weighted by atomic mass is 10.1. The molecule has 2 heterocycles. The number of hydrogen-bond donors (Lipinski definition) is 2. The van der Waals surface area contributed by atoms with Crippen molar-refractivity contribution in [2.45, 2.75) is 38.3 Å². The van der Waals surface area contributed by atoms with Gasteiger partial charge in [0, 0.05) is 37.7 Å². The molecule has 0 aromatic heterocycles. The van der Waals surface area contributed by atoms with Crippen LogP contribution in [0, 0.1) is 0 Å². The van der Waals surface area contributed by atoms with Crippen molar-refractivity contribution in [1.82, 2.24) is 15.5 Å². The Balaban J connectivity index is 1.56. The van der Waals surface area contributed by atoms with Crippen molar-refractivity contribution in [2.24, 2.45) is 0 Å². The van der Waals surface area contributed by atoms with Crippen LogP contribution in [0.5, 0.6) is 0 Å². The third kappa shape index (κ3) is 3.65. The Morgan fingerprint density at radius 1 is 1.27 bits per heavy atom. The molecule has 1 aromatic carbocycles. The molecule has 0 bridgehead atoms. The molecule has 0 aliphatic carbocycles. The van der Waals surface area contributed by atoms with Gasteiger partial charge >= 0.3 is 0 Å². The highest BCUT2D eigenvalue weighted by Crippen LogP contribution is 2.15. The number of benzene rings is 1. The lowest BCUT2D eigenvalue weighted by Crippen LogP contribution is -2.45. The summed E-state index contributed by atoms with van der Waals surface area (Å²) in [4.78, 5) is 25.7. The Kier molecular flexibility index (Phi) is 4.73. The standard InChI is InChI=1S/C17H23N3O2/c21-16-4-2-10-20(16)12-13-5-7-14(8-6-13)17(22)19-15-3-1-9-18-11-15/h5-8,15,18H,1-4,9-12H2,(H,19,22)/t15-/m0/s1. The van der Waals surface area contributed by atoms with E-state index in [0.717, 1.165) is 44.5 Å². The molecule has 22 heavy (non-hydrogen) atoms. The molecule has 2 fully saturated rings. The van der Waals surface area contributed by atoms with Crippen LogP contribution in [-0.4, -0.2) is 42.4 Å². The van der Waals surface area contributed by atoms with Crippen LogP contribution in [0.15, 0.2) is 24.3 Å². The molecule has 2 amide bonds. The van der Waals surface area contributed by atoms with E-state index < -0.39 is 0 Å². The second kappa shape index (κ2) is 6.92. The van der Waals surface area contributed by atoms with Crippen LogP contribution in [0.4, 0.5) is 0 Å². The minimum absolute atomic E-state index is 0.0162. The third-order valence-electron chi connectivity index (χ3n) is 4.39. The van der Waals surface area contributed by atoms with Crippen LogP contribution in [0.3, 0.4) is 0 Å². The zero-order valence-corrected chi connectivity index (χ0v) is 12.8. The van der Waals surface area contributed by atoms with Crippen molar-refractivity contribution in [3.8, 4) is 0 Å². The highest BCUT2D eigenvalue weighted by molar-refractivity contribution is 5.94. The zero-order chi connectivity index (χ0) is 15.4. The first-order chi connectivity index (χ1) is 10.7. The van der Waals surface area contributed by atoms with Gasteiger partial charge in [-0.25, -0.2) is 0 Å². The number of amides is 2. The zero-order valence-electron chi connectivity index (χ0n) is 12.8. The molecule has 5 nitrogen and oxygen atoms in total. The van der Waals surface area contributed by atoms with Gasteiger partial charge in [-0.15, -0.1) is 0 Å². The third-order valence-corrected chi connectivity index (χ3v) is 4.39. The first kappa shape index (κ1) is 15.0. The van der Waals surface area contributed by atoms with Gasteiger partial charge in [0.25, 0.3) is 5.91 Å². The molecular weight excluding hydrogens is 278 g/mol. The fourth-order valence-corrected chi connectivity index (χ4v) is 3.10. The second-order valence-corrected chi connectivity index (χ2v) is 6.13. The van der Waals surface area contributed by atoms with E-state index in [9.17, 15) is 9.59 Å². The number of nitrogens with one attached hydrogen (secondary N) is 2. The summed E-state index contributed by atoms with van der Waals surface area (Å²) in [6, 6.07) is 7.81. The Morgan fingerprint density at radius 3 is 2.73 bits per heavy atom. The molecule has 0 unspecified atom stereocenters. The fraction of sp³-hybridized carbons (Fsp3) is 0.529. The van der Waals surface area contributed by atoms with Gasteiger partial charge in [0.05, 0.1) is 0 Å². The maximum Gasteiger partial charge on any atom is 0.251 e. The van der Waals surface area contributed by atoms with Crippen molar-refractivity contribution < 1.29 is 9.59 Å². The average molecular weight is 301 g/mol. The van der Waals surface area contributed by atoms with Gasteiger partial charge in [-0.3, -0.25) is 9.59 Å². The van der Waals surface area contributed by atoms with Gasteiger partial charge in [0.2, 0.25) is 5.91 Å².